The molecule has 0 spiro atoms. The topological polar surface area (TPSA) is 44.7 Å². The molecule has 0 saturated heterocycles. The zero-order valence-corrected chi connectivity index (χ0v) is 12.2. The SMILES string of the molecule is COCCNCc1ccccc1N(CCO)C(C)C. The molecule has 2 N–H and O–H groups in total. The van der Waals surface area contributed by atoms with Crippen LogP contribution >= 0.6 is 0 Å². The van der Waals surface area contributed by atoms with E-state index in [0.29, 0.717) is 19.2 Å². The van der Waals surface area contributed by atoms with Gasteiger partial charge < -0.3 is 20.1 Å². The van der Waals surface area contributed by atoms with Crippen LogP contribution in [0.2, 0.25) is 0 Å². The highest BCUT2D eigenvalue weighted by Gasteiger charge is 2.13. The van der Waals surface area contributed by atoms with E-state index in [4.69, 9.17) is 4.74 Å². The molecule has 4 nitrogen and oxygen atoms in total. The molecule has 0 aliphatic carbocycles. The lowest BCUT2D eigenvalue weighted by Crippen LogP contribution is -2.34. The second-order valence-corrected chi connectivity index (χ2v) is 4.81. The fourth-order valence-electron chi connectivity index (χ4n) is 2.10. The minimum atomic E-state index is 0.170. The molecular weight excluding hydrogens is 240 g/mol. The van der Waals surface area contributed by atoms with Crippen molar-refractivity contribution < 1.29 is 9.84 Å². The molecule has 0 unspecified atom stereocenters. The number of para-hydroxylation sites is 1. The third-order valence-corrected chi connectivity index (χ3v) is 3.06. The van der Waals surface area contributed by atoms with Crippen molar-refractivity contribution in [2.45, 2.75) is 26.4 Å². The Kier molecular flexibility index (Phi) is 7.48. The number of hydrogen-bond donors (Lipinski definition) is 2. The van der Waals surface area contributed by atoms with Crippen molar-refractivity contribution in [3.05, 3.63) is 29.8 Å². The standard InChI is InChI=1S/C15H26N2O2/c1-13(2)17(9-10-18)15-7-5-4-6-14(15)12-16-8-11-19-3/h4-7,13,16,18H,8-12H2,1-3H3. The van der Waals surface area contributed by atoms with Crippen LogP contribution in [0.15, 0.2) is 24.3 Å². The van der Waals surface area contributed by atoms with Crippen molar-refractivity contribution in [2.75, 3.05) is 38.3 Å². The van der Waals surface area contributed by atoms with Crippen molar-refractivity contribution in [2.24, 2.45) is 0 Å². The van der Waals surface area contributed by atoms with Gasteiger partial charge in [0.15, 0.2) is 0 Å². The molecule has 1 aromatic rings. The molecule has 0 aliphatic rings. The summed E-state index contributed by atoms with van der Waals surface area (Å²) in [5, 5.41) is 12.6. The molecule has 0 bridgehead atoms. The normalized spacial score (nSPS) is 11.0. The first-order chi connectivity index (χ1) is 9.20. The van der Waals surface area contributed by atoms with Crippen LogP contribution in [0.5, 0.6) is 0 Å². The molecule has 0 aromatic heterocycles. The maximum atomic E-state index is 9.21. The molecule has 1 aromatic carbocycles. The molecule has 0 fully saturated rings. The summed E-state index contributed by atoms with van der Waals surface area (Å²) >= 11 is 0. The lowest BCUT2D eigenvalue weighted by molar-refractivity contribution is 0.199. The smallest absolute Gasteiger partial charge is 0.0606 e. The Bertz CT molecular complexity index is 356. The number of aliphatic hydroxyl groups is 1. The van der Waals surface area contributed by atoms with Gasteiger partial charge in [0.1, 0.15) is 0 Å². The van der Waals surface area contributed by atoms with Crippen molar-refractivity contribution in [1.82, 2.24) is 5.32 Å². The lowest BCUT2D eigenvalue weighted by atomic mass is 10.1. The molecule has 4 heteroatoms. The van der Waals surface area contributed by atoms with E-state index in [1.807, 2.05) is 12.1 Å². The Morgan fingerprint density at radius 2 is 2.05 bits per heavy atom. The van der Waals surface area contributed by atoms with Gasteiger partial charge in [0, 0.05) is 38.5 Å². The summed E-state index contributed by atoms with van der Waals surface area (Å²) in [6.45, 7) is 7.49. The lowest BCUT2D eigenvalue weighted by Gasteiger charge is -2.30. The van der Waals surface area contributed by atoms with Gasteiger partial charge in [-0.25, -0.2) is 0 Å². The van der Waals surface area contributed by atoms with Gasteiger partial charge in [-0.15, -0.1) is 0 Å². The average Bonchev–Trinajstić information content (AvgIpc) is 2.41. The molecule has 0 radical (unpaired) electrons. The first-order valence-electron chi connectivity index (χ1n) is 6.85. The second-order valence-electron chi connectivity index (χ2n) is 4.81. The summed E-state index contributed by atoms with van der Waals surface area (Å²) in [6, 6.07) is 8.70. The molecule has 1 rings (SSSR count). The Labute approximate surface area is 116 Å². The summed E-state index contributed by atoms with van der Waals surface area (Å²) in [5.41, 5.74) is 2.44. The number of nitrogens with one attached hydrogen (secondary N) is 1. The van der Waals surface area contributed by atoms with Crippen molar-refractivity contribution >= 4 is 5.69 Å². The van der Waals surface area contributed by atoms with Gasteiger partial charge in [0.2, 0.25) is 0 Å². The maximum Gasteiger partial charge on any atom is 0.0606 e. The average molecular weight is 266 g/mol. The summed E-state index contributed by atoms with van der Waals surface area (Å²) in [6.07, 6.45) is 0. The summed E-state index contributed by atoms with van der Waals surface area (Å²) in [5.74, 6) is 0. The van der Waals surface area contributed by atoms with E-state index in [-0.39, 0.29) is 6.61 Å². The quantitative estimate of drug-likeness (QED) is 0.667. The predicted molar refractivity (Wildman–Crippen MR) is 79.6 cm³/mol. The zero-order valence-electron chi connectivity index (χ0n) is 12.2. The van der Waals surface area contributed by atoms with Crippen LogP contribution in [-0.4, -0.2) is 44.6 Å². The van der Waals surface area contributed by atoms with Crippen LogP contribution < -0.4 is 10.2 Å². The number of hydrogen-bond acceptors (Lipinski definition) is 4. The Hall–Kier alpha value is -1.10. The van der Waals surface area contributed by atoms with Gasteiger partial charge >= 0.3 is 0 Å². The monoisotopic (exact) mass is 266 g/mol. The summed E-state index contributed by atoms with van der Waals surface area (Å²) < 4.78 is 5.03. The number of anilines is 1. The van der Waals surface area contributed by atoms with Gasteiger partial charge in [-0.3, -0.25) is 0 Å². The van der Waals surface area contributed by atoms with Gasteiger partial charge in [-0.2, -0.15) is 0 Å². The first kappa shape index (κ1) is 16.0. The molecule has 19 heavy (non-hydrogen) atoms. The van der Waals surface area contributed by atoms with E-state index in [1.54, 1.807) is 7.11 Å². The third-order valence-electron chi connectivity index (χ3n) is 3.06. The van der Waals surface area contributed by atoms with Gasteiger partial charge in [-0.05, 0) is 25.5 Å². The first-order valence-corrected chi connectivity index (χ1v) is 6.85. The number of aliphatic hydroxyl groups excluding tert-OH is 1. The highest BCUT2D eigenvalue weighted by Crippen LogP contribution is 2.22. The number of ether oxygens (including phenoxy) is 1. The molecule has 108 valence electrons. The third kappa shape index (κ3) is 5.19. The van der Waals surface area contributed by atoms with Gasteiger partial charge in [-0.1, -0.05) is 18.2 Å². The number of nitrogens with zero attached hydrogens (tertiary/aromatic N) is 1. The van der Waals surface area contributed by atoms with E-state index >= 15 is 0 Å². The van der Waals surface area contributed by atoms with Crippen molar-refractivity contribution in [1.29, 1.82) is 0 Å². The van der Waals surface area contributed by atoms with E-state index in [1.165, 1.54) is 11.3 Å². The van der Waals surface area contributed by atoms with Crippen LogP contribution in [0.1, 0.15) is 19.4 Å². The number of methoxy groups -OCH3 is 1. The van der Waals surface area contributed by atoms with Crippen molar-refractivity contribution in [3.8, 4) is 0 Å². The minimum Gasteiger partial charge on any atom is -0.395 e. The highest BCUT2D eigenvalue weighted by atomic mass is 16.5. The Morgan fingerprint density at radius 3 is 2.68 bits per heavy atom. The Balaban J connectivity index is 2.75. The molecule has 0 atom stereocenters. The van der Waals surface area contributed by atoms with E-state index < -0.39 is 0 Å². The van der Waals surface area contributed by atoms with Crippen molar-refractivity contribution in [3.63, 3.8) is 0 Å². The van der Waals surface area contributed by atoms with Gasteiger partial charge in [0.05, 0.1) is 13.2 Å². The fraction of sp³-hybridized carbons (Fsp3) is 0.600. The Morgan fingerprint density at radius 1 is 1.32 bits per heavy atom. The number of rotatable bonds is 9. The predicted octanol–water partition coefficient (Wildman–Crippen LogP) is 1.63. The van der Waals surface area contributed by atoms with E-state index in [0.717, 1.165) is 13.1 Å². The van der Waals surface area contributed by atoms with E-state index in [2.05, 4.69) is 36.2 Å². The summed E-state index contributed by atoms with van der Waals surface area (Å²) in [7, 11) is 1.71. The largest absolute Gasteiger partial charge is 0.395 e. The highest BCUT2D eigenvalue weighted by molar-refractivity contribution is 5.54. The molecule has 0 aliphatic heterocycles. The van der Waals surface area contributed by atoms with Crippen LogP contribution in [0.4, 0.5) is 5.69 Å². The minimum absolute atomic E-state index is 0.170. The molecule has 0 saturated carbocycles. The summed E-state index contributed by atoms with van der Waals surface area (Å²) in [4.78, 5) is 2.23. The zero-order chi connectivity index (χ0) is 14.1. The second kappa shape index (κ2) is 8.91. The van der Waals surface area contributed by atoms with Crippen LogP contribution in [0.25, 0.3) is 0 Å². The molecule has 0 amide bonds. The maximum absolute atomic E-state index is 9.21. The molecule has 0 heterocycles. The van der Waals surface area contributed by atoms with Crippen LogP contribution in [-0.2, 0) is 11.3 Å². The van der Waals surface area contributed by atoms with Crippen LogP contribution in [0.3, 0.4) is 0 Å². The van der Waals surface area contributed by atoms with Crippen LogP contribution in [0, 0.1) is 0 Å². The fourth-order valence-corrected chi connectivity index (χ4v) is 2.10. The van der Waals surface area contributed by atoms with E-state index in [9.17, 15) is 5.11 Å². The molecular formula is C15H26N2O2. The number of benzene rings is 1. The van der Waals surface area contributed by atoms with Gasteiger partial charge in [0.25, 0.3) is 0 Å².